The number of hydrogen-bond acceptors (Lipinski definition) is 1. The minimum Gasteiger partial charge on any atom is -0.307 e. The fourth-order valence-corrected chi connectivity index (χ4v) is 2.91. The van der Waals surface area contributed by atoms with Crippen LogP contribution in [0.1, 0.15) is 18.1 Å². The molecule has 0 radical (unpaired) electrons. The number of nitrogens with zero attached hydrogens (tertiary/aromatic N) is 1. The van der Waals surface area contributed by atoms with Gasteiger partial charge in [-0.1, -0.05) is 48.9 Å². The molecule has 0 saturated carbocycles. The Morgan fingerprint density at radius 2 is 1.95 bits per heavy atom. The molecule has 0 bridgehead atoms. The SMILES string of the molecule is CC1Cc2cc(Cl)ccc2N(Cc2ccccc2)C1=O. The zero-order chi connectivity index (χ0) is 14.1. The van der Waals surface area contributed by atoms with E-state index in [2.05, 4.69) is 0 Å². The molecule has 2 nitrogen and oxygen atoms in total. The largest absolute Gasteiger partial charge is 0.307 e. The van der Waals surface area contributed by atoms with E-state index in [1.54, 1.807) is 0 Å². The molecule has 3 heteroatoms. The zero-order valence-corrected chi connectivity index (χ0v) is 12.1. The van der Waals surface area contributed by atoms with E-state index >= 15 is 0 Å². The number of hydrogen-bond donors (Lipinski definition) is 0. The van der Waals surface area contributed by atoms with E-state index in [1.165, 1.54) is 0 Å². The van der Waals surface area contributed by atoms with Crippen LogP contribution in [0.25, 0.3) is 0 Å². The molecule has 0 aromatic heterocycles. The normalized spacial score (nSPS) is 18.0. The fraction of sp³-hybridized carbons (Fsp3) is 0.235. The molecule has 1 aliphatic rings. The summed E-state index contributed by atoms with van der Waals surface area (Å²) in [5, 5.41) is 0.727. The highest BCUT2D eigenvalue weighted by Crippen LogP contribution is 2.33. The maximum Gasteiger partial charge on any atom is 0.230 e. The van der Waals surface area contributed by atoms with Crippen LogP contribution in [-0.2, 0) is 17.8 Å². The van der Waals surface area contributed by atoms with Crippen molar-refractivity contribution in [3.8, 4) is 0 Å². The van der Waals surface area contributed by atoms with E-state index in [0.29, 0.717) is 6.54 Å². The quantitative estimate of drug-likeness (QED) is 0.815. The molecule has 20 heavy (non-hydrogen) atoms. The summed E-state index contributed by atoms with van der Waals surface area (Å²) in [5.41, 5.74) is 3.28. The molecule has 1 amide bonds. The predicted octanol–water partition coefficient (Wildman–Crippen LogP) is 4.07. The van der Waals surface area contributed by atoms with Crippen molar-refractivity contribution in [1.29, 1.82) is 0 Å². The van der Waals surface area contributed by atoms with E-state index in [9.17, 15) is 4.79 Å². The Hall–Kier alpha value is -1.80. The van der Waals surface area contributed by atoms with Crippen LogP contribution in [0.5, 0.6) is 0 Å². The number of fused-ring (bicyclic) bond motifs is 1. The van der Waals surface area contributed by atoms with Crippen LogP contribution in [0, 0.1) is 5.92 Å². The summed E-state index contributed by atoms with van der Waals surface area (Å²) in [6.07, 6.45) is 0.764. The van der Waals surface area contributed by atoms with Gasteiger partial charge in [-0.05, 0) is 35.7 Å². The van der Waals surface area contributed by atoms with Crippen LogP contribution < -0.4 is 4.90 Å². The molecular weight excluding hydrogens is 270 g/mol. The molecule has 1 aliphatic heterocycles. The van der Waals surface area contributed by atoms with Gasteiger partial charge in [0.25, 0.3) is 0 Å². The highest BCUT2D eigenvalue weighted by Gasteiger charge is 2.29. The molecule has 0 saturated heterocycles. The molecule has 1 atom stereocenters. The molecule has 0 aliphatic carbocycles. The number of amides is 1. The first kappa shape index (κ1) is 13.2. The van der Waals surface area contributed by atoms with Crippen LogP contribution in [0.3, 0.4) is 0 Å². The lowest BCUT2D eigenvalue weighted by Gasteiger charge is -2.33. The molecular formula is C17H16ClNO. The van der Waals surface area contributed by atoms with Crippen molar-refractivity contribution >= 4 is 23.2 Å². The molecule has 2 aromatic carbocycles. The Morgan fingerprint density at radius 3 is 2.70 bits per heavy atom. The summed E-state index contributed by atoms with van der Waals surface area (Å²) in [5.74, 6) is 0.188. The summed E-state index contributed by atoms with van der Waals surface area (Å²) in [4.78, 5) is 14.3. The number of anilines is 1. The van der Waals surface area contributed by atoms with Gasteiger partial charge in [0.05, 0.1) is 6.54 Å². The van der Waals surface area contributed by atoms with E-state index in [-0.39, 0.29) is 11.8 Å². The zero-order valence-electron chi connectivity index (χ0n) is 11.3. The third-order valence-corrected chi connectivity index (χ3v) is 3.96. The van der Waals surface area contributed by atoms with Gasteiger partial charge >= 0.3 is 0 Å². The van der Waals surface area contributed by atoms with Crippen molar-refractivity contribution in [3.63, 3.8) is 0 Å². The molecule has 102 valence electrons. The van der Waals surface area contributed by atoms with Crippen molar-refractivity contribution < 1.29 is 4.79 Å². The van der Waals surface area contributed by atoms with Gasteiger partial charge in [-0.15, -0.1) is 0 Å². The molecule has 2 aromatic rings. The third kappa shape index (κ3) is 2.44. The highest BCUT2D eigenvalue weighted by molar-refractivity contribution is 6.30. The van der Waals surface area contributed by atoms with Crippen molar-refractivity contribution in [3.05, 3.63) is 64.7 Å². The van der Waals surface area contributed by atoms with E-state index in [1.807, 2.05) is 60.4 Å². The van der Waals surface area contributed by atoms with Crippen LogP contribution >= 0.6 is 11.6 Å². The van der Waals surface area contributed by atoms with Gasteiger partial charge in [-0.3, -0.25) is 4.79 Å². The second-order valence-corrected chi connectivity index (χ2v) is 5.72. The first-order chi connectivity index (χ1) is 9.65. The maximum atomic E-state index is 12.5. The monoisotopic (exact) mass is 285 g/mol. The molecule has 0 N–H and O–H groups in total. The smallest absolute Gasteiger partial charge is 0.230 e. The second kappa shape index (κ2) is 5.29. The average Bonchev–Trinajstić information content (AvgIpc) is 2.45. The number of rotatable bonds is 2. The van der Waals surface area contributed by atoms with E-state index in [0.717, 1.165) is 28.3 Å². The second-order valence-electron chi connectivity index (χ2n) is 5.29. The summed E-state index contributed by atoms with van der Waals surface area (Å²) in [6.45, 7) is 2.59. The van der Waals surface area contributed by atoms with Crippen molar-refractivity contribution in [2.75, 3.05) is 4.90 Å². The Bertz CT molecular complexity index is 639. The Labute approximate surface area is 124 Å². The topological polar surface area (TPSA) is 20.3 Å². The number of carbonyl (C=O) groups is 1. The fourth-order valence-electron chi connectivity index (χ4n) is 2.71. The summed E-state index contributed by atoms with van der Waals surface area (Å²) >= 11 is 6.07. The van der Waals surface area contributed by atoms with Crippen LogP contribution in [-0.4, -0.2) is 5.91 Å². The van der Waals surface area contributed by atoms with Gasteiger partial charge in [0, 0.05) is 16.6 Å². The molecule has 1 unspecified atom stereocenters. The van der Waals surface area contributed by atoms with E-state index < -0.39 is 0 Å². The number of carbonyl (C=O) groups excluding carboxylic acids is 1. The molecule has 0 fully saturated rings. The van der Waals surface area contributed by atoms with Crippen molar-refractivity contribution in [2.24, 2.45) is 5.92 Å². The van der Waals surface area contributed by atoms with Gasteiger partial charge in [-0.25, -0.2) is 0 Å². The molecule has 1 heterocycles. The minimum absolute atomic E-state index is 0.00433. The lowest BCUT2D eigenvalue weighted by Crippen LogP contribution is -2.39. The van der Waals surface area contributed by atoms with Gasteiger partial charge in [-0.2, -0.15) is 0 Å². The van der Waals surface area contributed by atoms with E-state index in [4.69, 9.17) is 11.6 Å². The molecule has 3 rings (SSSR count). The first-order valence-corrected chi connectivity index (χ1v) is 7.16. The third-order valence-electron chi connectivity index (χ3n) is 3.73. The lowest BCUT2D eigenvalue weighted by molar-refractivity contribution is -0.122. The summed E-state index contributed by atoms with van der Waals surface area (Å²) < 4.78 is 0. The van der Waals surface area contributed by atoms with Crippen molar-refractivity contribution in [2.45, 2.75) is 19.9 Å². The average molecular weight is 286 g/mol. The van der Waals surface area contributed by atoms with Crippen LogP contribution in [0.4, 0.5) is 5.69 Å². The van der Waals surface area contributed by atoms with Crippen LogP contribution in [0.15, 0.2) is 48.5 Å². The summed E-state index contributed by atoms with van der Waals surface area (Å²) in [7, 11) is 0. The minimum atomic E-state index is 0.00433. The summed E-state index contributed by atoms with van der Waals surface area (Å²) in [6, 6.07) is 15.8. The number of benzene rings is 2. The van der Waals surface area contributed by atoms with Gasteiger partial charge < -0.3 is 4.90 Å². The van der Waals surface area contributed by atoms with Gasteiger partial charge in [0.1, 0.15) is 0 Å². The predicted molar refractivity (Wildman–Crippen MR) is 82.0 cm³/mol. The standard InChI is InChI=1S/C17H16ClNO/c1-12-9-14-10-15(18)7-8-16(14)19(17(12)20)11-13-5-3-2-4-6-13/h2-8,10,12H,9,11H2,1H3. The Kier molecular flexibility index (Phi) is 3.49. The Balaban J connectivity index is 1.99. The maximum absolute atomic E-state index is 12.5. The highest BCUT2D eigenvalue weighted by atomic mass is 35.5. The Morgan fingerprint density at radius 1 is 1.20 bits per heavy atom. The number of halogens is 1. The first-order valence-electron chi connectivity index (χ1n) is 6.79. The lowest BCUT2D eigenvalue weighted by atomic mass is 9.92. The van der Waals surface area contributed by atoms with Gasteiger partial charge in [0.15, 0.2) is 0 Å². The molecule has 0 spiro atoms. The van der Waals surface area contributed by atoms with Crippen LogP contribution in [0.2, 0.25) is 5.02 Å². The van der Waals surface area contributed by atoms with Gasteiger partial charge in [0.2, 0.25) is 5.91 Å². The van der Waals surface area contributed by atoms with Crippen molar-refractivity contribution in [1.82, 2.24) is 0 Å².